The highest BCUT2D eigenvalue weighted by Crippen LogP contribution is 2.12. The van der Waals surface area contributed by atoms with Crippen LogP contribution in [-0.4, -0.2) is 0 Å². The van der Waals surface area contributed by atoms with Crippen molar-refractivity contribution >= 4 is 0 Å². The third kappa shape index (κ3) is 15.5. The van der Waals surface area contributed by atoms with Crippen molar-refractivity contribution in [1.29, 1.82) is 0 Å². The zero-order valence-electron chi connectivity index (χ0n) is 11.8. The van der Waals surface area contributed by atoms with E-state index < -0.39 is 0 Å². The maximum atomic E-state index is 5.34. The van der Waals surface area contributed by atoms with Gasteiger partial charge in [0.25, 0.3) is 0 Å². The van der Waals surface area contributed by atoms with Gasteiger partial charge in [0.15, 0.2) is 0 Å². The highest BCUT2D eigenvalue weighted by atomic mass is 14.0. The lowest BCUT2D eigenvalue weighted by Crippen LogP contribution is -1.82. The van der Waals surface area contributed by atoms with Crippen LogP contribution in [0.2, 0.25) is 0 Å². The molecule has 0 amide bonds. The van der Waals surface area contributed by atoms with Crippen molar-refractivity contribution in [2.24, 2.45) is 0 Å². The van der Waals surface area contributed by atoms with Crippen LogP contribution in [0, 0.1) is 6.58 Å². The molecule has 17 heavy (non-hydrogen) atoms. The Morgan fingerprint density at radius 2 is 1.06 bits per heavy atom. The molecule has 0 aliphatic heterocycles. The van der Waals surface area contributed by atoms with Crippen LogP contribution in [-0.2, 0) is 0 Å². The van der Waals surface area contributed by atoms with Crippen LogP contribution in [0.25, 0.3) is 0 Å². The standard InChI is InChI=1S/C17H31/c1-3-5-7-9-11-13-15-17-16-14-12-10-8-6-4-2/h1,3-4,6H,5,7-17H2,2H3. The molecule has 0 aliphatic rings. The normalized spacial score (nSPS) is 11.1. The van der Waals surface area contributed by atoms with Crippen molar-refractivity contribution in [1.82, 2.24) is 0 Å². The van der Waals surface area contributed by atoms with E-state index in [9.17, 15) is 0 Å². The summed E-state index contributed by atoms with van der Waals surface area (Å²) in [5, 5.41) is 0. The number of hydrogen-bond acceptors (Lipinski definition) is 0. The Bertz CT molecular complexity index is 167. The average molecular weight is 235 g/mol. The van der Waals surface area contributed by atoms with Crippen molar-refractivity contribution in [3.05, 3.63) is 24.8 Å². The van der Waals surface area contributed by atoms with Gasteiger partial charge >= 0.3 is 0 Å². The van der Waals surface area contributed by atoms with Gasteiger partial charge in [0.1, 0.15) is 0 Å². The molecule has 0 saturated carbocycles. The van der Waals surface area contributed by atoms with E-state index in [-0.39, 0.29) is 0 Å². The predicted molar refractivity (Wildman–Crippen MR) is 79.1 cm³/mol. The maximum absolute atomic E-state index is 5.34. The minimum Gasteiger partial charge on any atom is -0.0917 e. The molecule has 0 heterocycles. The molecule has 0 saturated heterocycles. The molecule has 0 aromatic heterocycles. The monoisotopic (exact) mass is 235 g/mol. The summed E-state index contributed by atoms with van der Waals surface area (Å²) in [5.74, 6) is 0. The molecular weight excluding hydrogens is 204 g/mol. The Hall–Kier alpha value is -0.520. The Balaban J connectivity index is 2.91. The fourth-order valence-electron chi connectivity index (χ4n) is 2.11. The van der Waals surface area contributed by atoms with Gasteiger partial charge in [0.2, 0.25) is 0 Å². The second kappa shape index (κ2) is 15.5. The third-order valence-corrected chi connectivity index (χ3v) is 3.23. The summed E-state index contributed by atoms with van der Waals surface area (Å²) in [7, 11) is 0. The van der Waals surface area contributed by atoms with Gasteiger partial charge in [-0.2, -0.15) is 0 Å². The number of unbranched alkanes of at least 4 members (excludes halogenated alkanes) is 11. The fraction of sp³-hybridized carbons (Fsp3) is 0.765. The van der Waals surface area contributed by atoms with Gasteiger partial charge in [0, 0.05) is 0 Å². The smallest absolute Gasteiger partial charge is 0.0348 e. The fourth-order valence-corrected chi connectivity index (χ4v) is 2.11. The molecule has 0 nitrogen and oxygen atoms in total. The Morgan fingerprint density at radius 3 is 1.47 bits per heavy atom. The average Bonchev–Trinajstić information content (AvgIpc) is 2.35. The van der Waals surface area contributed by atoms with Gasteiger partial charge in [0.05, 0.1) is 0 Å². The second-order valence-corrected chi connectivity index (χ2v) is 4.92. The highest BCUT2D eigenvalue weighted by Gasteiger charge is 1.92. The quantitative estimate of drug-likeness (QED) is 0.262. The summed E-state index contributed by atoms with van der Waals surface area (Å²) in [5.41, 5.74) is 0. The van der Waals surface area contributed by atoms with E-state index in [1.54, 1.807) is 6.08 Å². The van der Waals surface area contributed by atoms with Crippen LogP contribution in [0.3, 0.4) is 0 Å². The first-order chi connectivity index (χ1) is 8.41. The van der Waals surface area contributed by atoms with Crippen molar-refractivity contribution < 1.29 is 0 Å². The van der Waals surface area contributed by atoms with E-state index in [1.807, 2.05) is 0 Å². The SMILES string of the molecule is [CH]=CCCCCCCCCCCCCC=CC. The van der Waals surface area contributed by atoms with Crippen LogP contribution >= 0.6 is 0 Å². The first-order valence-electron chi connectivity index (χ1n) is 7.56. The topological polar surface area (TPSA) is 0 Å². The van der Waals surface area contributed by atoms with Crippen molar-refractivity contribution in [2.75, 3.05) is 0 Å². The number of allylic oxidation sites excluding steroid dienone is 3. The van der Waals surface area contributed by atoms with Crippen molar-refractivity contribution in [2.45, 2.75) is 84.0 Å². The second-order valence-electron chi connectivity index (χ2n) is 4.92. The molecule has 0 aromatic carbocycles. The molecule has 0 rings (SSSR count). The van der Waals surface area contributed by atoms with E-state index in [1.165, 1.54) is 70.6 Å². The zero-order valence-corrected chi connectivity index (χ0v) is 11.8. The molecule has 0 fully saturated rings. The van der Waals surface area contributed by atoms with Gasteiger partial charge in [-0.15, -0.1) is 0 Å². The van der Waals surface area contributed by atoms with Gasteiger partial charge in [-0.1, -0.05) is 76.2 Å². The zero-order chi connectivity index (χ0) is 12.6. The van der Waals surface area contributed by atoms with E-state index >= 15 is 0 Å². The Morgan fingerprint density at radius 1 is 0.647 bits per heavy atom. The highest BCUT2D eigenvalue weighted by molar-refractivity contribution is 4.76. The molecule has 99 valence electrons. The molecule has 1 radical (unpaired) electrons. The lowest BCUT2D eigenvalue weighted by Gasteiger charge is -2.01. The molecular formula is C17H31. The molecule has 0 N–H and O–H groups in total. The molecule has 0 atom stereocenters. The van der Waals surface area contributed by atoms with E-state index in [2.05, 4.69) is 19.1 Å². The molecule has 0 aliphatic carbocycles. The lowest BCUT2D eigenvalue weighted by molar-refractivity contribution is 0.553. The first-order valence-corrected chi connectivity index (χ1v) is 7.56. The largest absolute Gasteiger partial charge is 0.0917 e. The summed E-state index contributed by atoms with van der Waals surface area (Å²) in [6, 6.07) is 0. The Kier molecular flexibility index (Phi) is 15.0. The molecule has 0 aromatic rings. The summed E-state index contributed by atoms with van der Waals surface area (Å²) < 4.78 is 0. The van der Waals surface area contributed by atoms with Crippen LogP contribution in [0.5, 0.6) is 0 Å². The van der Waals surface area contributed by atoms with Crippen LogP contribution < -0.4 is 0 Å². The molecule has 0 bridgehead atoms. The van der Waals surface area contributed by atoms with Crippen molar-refractivity contribution in [3.8, 4) is 0 Å². The van der Waals surface area contributed by atoms with Crippen LogP contribution in [0.1, 0.15) is 84.0 Å². The lowest BCUT2D eigenvalue weighted by atomic mass is 10.1. The summed E-state index contributed by atoms with van der Waals surface area (Å²) >= 11 is 0. The van der Waals surface area contributed by atoms with Crippen molar-refractivity contribution in [3.63, 3.8) is 0 Å². The predicted octanol–water partition coefficient (Wildman–Crippen LogP) is 6.23. The number of rotatable bonds is 13. The molecule has 0 spiro atoms. The van der Waals surface area contributed by atoms with Crippen LogP contribution in [0.4, 0.5) is 0 Å². The van der Waals surface area contributed by atoms with E-state index in [4.69, 9.17) is 6.58 Å². The maximum Gasteiger partial charge on any atom is -0.0348 e. The minimum absolute atomic E-state index is 1.09. The molecule has 0 heteroatoms. The summed E-state index contributed by atoms with van der Waals surface area (Å²) in [6.45, 7) is 7.44. The van der Waals surface area contributed by atoms with Gasteiger partial charge in [-0.05, 0) is 32.6 Å². The van der Waals surface area contributed by atoms with Gasteiger partial charge in [-0.3, -0.25) is 0 Å². The van der Waals surface area contributed by atoms with Crippen LogP contribution in [0.15, 0.2) is 18.2 Å². The molecule has 0 unspecified atom stereocenters. The summed E-state index contributed by atoms with van der Waals surface area (Å²) in [4.78, 5) is 0. The minimum atomic E-state index is 1.09. The van der Waals surface area contributed by atoms with Gasteiger partial charge < -0.3 is 0 Å². The summed E-state index contributed by atoms with van der Waals surface area (Å²) in [6.07, 6.45) is 22.6. The van der Waals surface area contributed by atoms with E-state index in [0.717, 1.165) is 6.42 Å². The third-order valence-electron chi connectivity index (χ3n) is 3.23. The van der Waals surface area contributed by atoms with E-state index in [0.29, 0.717) is 0 Å². The van der Waals surface area contributed by atoms with Gasteiger partial charge in [-0.25, -0.2) is 0 Å². The first kappa shape index (κ1) is 16.5. The number of hydrogen-bond donors (Lipinski definition) is 0. The Labute approximate surface area is 109 Å².